The Balaban J connectivity index is 1.91. The number of nitrogens with one attached hydrogen (secondary N) is 1. The predicted octanol–water partition coefficient (Wildman–Crippen LogP) is 1.44. The first kappa shape index (κ1) is 15.2. The molecule has 0 radical (unpaired) electrons. The van der Waals surface area contributed by atoms with Crippen LogP contribution >= 0.6 is 11.3 Å². The predicted molar refractivity (Wildman–Crippen MR) is 92.3 cm³/mol. The largest absolute Gasteiger partial charge is 0.476 e. The Kier molecular flexibility index (Phi) is 3.43. The highest BCUT2D eigenvalue weighted by molar-refractivity contribution is 7.17. The van der Waals surface area contributed by atoms with Crippen LogP contribution in [0.25, 0.3) is 21.0 Å². The highest BCUT2D eigenvalue weighted by Crippen LogP contribution is 2.15. The number of aromatic carboxylic acids is 1. The molecule has 2 N–H and O–H groups in total. The minimum Gasteiger partial charge on any atom is -0.476 e. The Labute approximate surface area is 143 Å². The van der Waals surface area contributed by atoms with Crippen LogP contribution in [0.4, 0.5) is 0 Å². The topological polar surface area (TPSA) is 118 Å². The van der Waals surface area contributed by atoms with E-state index in [0.717, 1.165) is 4.68 Å². The van der Waals surface area contributed by atoms with Crippen LogP contribution in [0, 0.1) is 0 Å². The van der Waals surface area contributed by atoms with Gasteiger partial charge in [-0.1, -0.05) is 18.2 Å². The molecule has 3 aromatic heterocycles. The number of thiophene rings is 1. The van der Waals surface area contributed by atoms with Crippen molar-refractivity contribution in [1.29, 1.82) is 0 Å². The van der Waals surface area contributed by atoms with Gasteiger partial charge in [0, 0.05) is 5.39 Å². The fourth-order valence-electron chi connectivity index (χ4n) is 2.64. The van der Waals surface area contributed by atoms with E-state index >= 15 is 0 Å². The minimum atomic E-state index is -1.24. The highest BCUT2D eigenvalue weighted by atomic mass is 32.1. The number of carbonyl (C=O) groups is 1. The normalized spacial score (nSPS) is 11.2. The van der Waals surface area contributed by atoms with Gasteiger partial charge < -0.3 is 10.1 Å². The zero-order valence-electron chi connectivity index (χ0n) is 12.6. The van der Waals surface area contributed by atoms with E-state index < -0.39 is 11.5 Å². The van der Waals surface area contributed by atoms with Crippen molar-refractivity contribution in [2.24, 2.45) is 0 Å². The first-order valence-electron chi connectivity index (χ1n) is 7.24. The Bertz CT molecular complexity index is 1250. The van der Waals surface area contributed by atoms with Gasteiger partial charge in [-0.05, 0) is 17.5 Å². The van der Waals surface area contributed by atoms with Gasteiger partial charge in [0.2, 0.25) is 0 Å². The van der Waals surface area contributed by atoms with Gasteiger partial charge >= 0.3 is 5.97 Å². The van der Waals surface area contributed by atoms with Gasteiger partial charge in [-0.2, -0.15) is 5.10 Å². The summed E-state index contributed by atoms with van der Waals surface area (Å²) in [6.45, 7) is -0.134. The maximum absolute atomic E-state index is 12.6. The highest BCUT2D eigenvalue weighted by Gasteiger charge is 2.16. The smallest absolute Gasteiger partial charge is 0.357 e. The van der Waals surface area contributed by atoms with Crippen LogP contribution in [0.5, 0.6) is 0 Å². The van der Waals surface area contributed by atoms with Crippen LogP contribution in [0.2, 0.25) is 0 Å². The molecule has 0 saturated carbocycles. The zero-order chi connectivity index (χ0) is 17.6. The minimum absolute atomic E-state index is 0.134. The van der Waals surface area contributed by atoms with Crippen molar-refractivity contribution in [3.63, 3.8) is 0 Å². The molecule has 0 spiro atoms. The number of hydrogen-bond donors (Lipinski definition) is 2. The lowest BCUT2D eigenvalue weighted by atomic mass is 10.1. The third kappa shape index (κ3) is 2.50. The number of carboxylic acids is 1. The SMILES string of the molecule is O=C(O)c1nn(Cc2nc3ccsc3c(=O)[nH]2)c(=O)c2ccccc12. The molecule has 0 aliphatic heterocycles. The number of rotatable bonds is 3. The summed E-state index contributed by atoms with van der Waals surface area (Å²) in [5.41, 5.74) is -0.457. The molecule has 4 aromatic rings. The number of benzene rings is 1. The van der Waals surface area contributed by atoms with Crippen molar-refractivity contribution in [2.75, 3.05) is 0 Å². The molecule has 8 nitrogen and oxygen atoms in total. The second-order valence-corrected chi connectivity index (χ2v) is 6.23. The number of nitrogens with zero attached hydrogens (tertiary/aromatic N) is 3. The van der Waals surface area contributed by atoms with Gasteiger partial charge in [-0.25, -0.2) is 14.5 Å². The molecule has 0 unspecified atom stereocenters. The first-order chi connectivity index (χ1) is 12.0. The molecular weight excluding hydrogens is 344 g/mol. The average Bonchev–Trinajstić information content (AvgIpc) is 3.06. The van der Waals surface area contributed by atoms with E-state index in [2.05, 4.69) is 15.1 Å². The van der Waals surface area contributed by atoms with E-state index in [9.17, 15) is 19.5 Å². The Morgan fingerprint density at radius 2 is 1.96 bits per heavy atom. The van der Waals surface area contributed by atoms with E-state index in [1.165, 1.54) is 17.4 Å². The van der Waals surface area contributed by atoms with Crippen LogP contribution in [0.3, 0.4) is 0 Å². The van der Waals surface area contributed by atoms with Crippen molar-refractivity contribution in [1.82, 2.24) is 19.7 Å². The summed E-state index contributed by atoms with van der Waals surface area (Å²) in [5.74, 6) is -1.00. The lowest BCUT2D eigenvalue weighted by molar-refractivity contribution is 0.0690. The van der Waals surface area contributed by atoms with Crippen LogP contribution in [-0.2, 0) is 6.54 Å². The molecule has 3 heterocycles. The second-order valence-electron chi connectivity index (χ2n) is 5.31. The van der Waals surface area contributed by atoms with Gasteiger partial charge in [-0.3, -0.25) is 9.59 Å². The van der Waals surface area contributed by atoms with Crippen molar-refractivity contribution < 1.29 is 9.90 Å². The summed E-state index contributed by atoms with van der Waals surface area (Å²) >= 11 is 1.27. The number of hydrogen-bond acceptors (Lipinski definition) is 6. The van der Waals surface area contributed by atoms with E-state index in [0.29, 0.717) is 10.2 Å². The molecule has 4 rings (SSSR count). The summed E-state index contributed by atoms with van der Waals surface area (Å²) in [6, 6.07) is 8.08. The fourth-order valence-corrected chi connectivity index (χ4v) is 3.36. The van der Waals surface area contributed by atoms with E-state index in [4.69, 9.17) is 0 Å². The van der Waals surface area contributed by atoms with Crippen LogP contribution in [0.15, 0.2) is 45.3 Å². The zero-order valence-corrected chi connectivity index (χ0v) is 13.4. The first-order valence-corrected chi connectivity index (χ1v) is 8.12. The maximum Gasteiger partial charge on any atom is 0.357 e. The van der Waals surface area contributed by atoms with Gasteiger partial charge in [0.25, 0.3) is 11.1 Å². The van der Waals surface area contributed by atoms with Crippen molar-refractivity contribution in [3.05, 3.63) is 67.9 Å². The average molecular weight is 354 g/mol. The molecule has 9 heteroatoms. The second kappa shape index (κ2) is 5.64. The van der Waals surface area contributed by atoms with E-state index in [1.54, 1.807) is 29.6 Å². The quantitative estimate of drug-likeness (QED) is 0.575. The van der Waals surface area contributed by atoms with Crippen molar-refractivity contribution in [2.45, 2.75) is 6.54 Å². The number of H-pyrrole nitrogens is 1. The molecule has 0 fully saturated rings. The van der Waals surface area contributed by atoms with Gasteiger partial charge in [0.05, 0.1) is 10.9 Å². The summed E-state index contributed by atoms with van der Waals surface area (Å²) in [5, 5.41) is 15.6. The van der Waals surface area contributed by atoms with Crippen molar-refractivity contribution >= 4 is 38.3 Å². The summed E-state index contributed by atoms with van der Waals surface area (Å²) in [6.07, 6.45) is 0. The molecule has 0 saturated heterocycles. The van der Waals surface area contributed by atoms with Gasteiger partial charge in [0.1, 0.15) is 17.1 Å². The van der Waals surface area contributed by atoms with Gasteiger partial charge in [0.15, 0.2) is 5.69 Å². The molecule has 0 aliphatic carbocycles. The molecule has 0 aliphatic rings. The summed E-state index contributed by atoms with van der Waals surface area (Å²) in [7, 11) is 0. The van der Waals surface area contributed by atoms with E-state index in [1.807, 2.05) is 0 Å². The van der Waals surface area contributed by atoms with Gasteiger partial charge in [-0.15, -0.1) is 11.3 Å². The number of fused-ring (bicyclic) bond motifs is 2. The molecule has 0 atom stereocenters. The molecule has 124 valence electrons. The summed E-state index contributed by atoms with van der Waals surface area (Å²) in [4.78, 5) is 43.0. The fraction of sp³-hybridized carbons (Fsp3) is 0.0625. The molecule has 25 heavy (non-hydrogen) atoms. The number of aromatic amines is 1. The molecule has 1 aromatic carbocycles. The third-order valence-electron chi connectivity index (χ3n) is 3.73. The Hall–Kier alpha value is -3.33. The summed E-state index contributed by atoms with van der Waals surface area (Å²) < 4.78 is 1.50. The monoisotopic (exact) mass is 354 g/mol. The molecule has 0 amide bonds. The Morgan fingerprint density at radius 1 is 1.20 bits per heavy atom. The molecule has 0 bridgehead atoms. The van der Waals surface area contributed by atoms with E-state index in [-0.39, 0.29) is 34.4 Å². The Morgan fingerprint density at radius 3 is 2.72 bits per heavy atom. The van der Waals surface area contributed by atoms with Crippen LogP contribution in [0.1, 0.15) is 16.3 Å². The third-order valence-corrected chi connectivity index (χ3v) is 4.64. The van der Waals surface area contributed by atoms with Crippen molar-refractivity contribution in [3.8, 4) is 0 Å². The van der Waals surface area contributed by atoms with Crippen LogP contribution < -0.4 is 11.1 Å². The number of carboxylic acid groups (broad SMARTS) is 1. The maximum atomic E-state index is 12.6. The standard InChI is InChI=1S/C16H10N4O4S/c21-14-13-10(5-6-25-13)17-11(18-14)7-20-15(22)9-4-2-1-3-8(9)12(19-20)16(23)24/h1-6H,7H2,(H,23,24)(H,17,18,21). The lowest BCUT2D eigenvalue weighted by Gasteiger charge is -2.08. The lowest BCUT2D eigenvalue weighted by Crippen LogP contribution is -2.28. The molecular formula is C16H10N4O4S. The number of aromatic nitrogens is 4. The van der Waals surface area contributed by atoms with Crippen LogP contribution in [-0.4, -0.2) is 30.8 Å².